The first-order valence-corrected chi connectivity index (χ1v) is 6.93. The van der Waals surface area contributed by atoms with Crippen molar-refractivity contribution < 1.29 is 9.13 Å². The van der Waals surface area contributed by atoms with E-state index in [-0.39, 0.29) is 5.82 Å². The molecule has 0 atom stereocenters. The third-order valence-corrected chi connectivity index (χ3v) is 3.23. The second-order valence-corrected chi connectivity index (χ2v) is 5.05. The van der Waals surface area contributed by atoms with E-state index >= 15 is 0 Å². The molecule has 21 heavy (non-hydrogen) atoms. The van der Waals surface area contributed by atoms with Gasteiger partial charge in [0.25, 0.3) is 0 Å². The Morgan fingerprint density at radius 1 is 1.19 bits per heavy atom. The maximum Gasteiger partial charge on any atom is 0.171 e. The Bertz CT molecular complexity index is 629. The first-order valence-electron chi connectivity index (χ1n) is 6.52. The van der Waals surface area contributed by atoms with Crippen LogP contribution in [-0.4, -0.2) is 12.2 Å². The van der Waals surface area contributed by atoms with Crippen LogP contribution < -0.4 is 15.4 Å². The van der Waals surface area contributed by atoms with E-state index in [9.17, 15) is 4.39 Å². The Kier molecular flexibility index (Phi) is 5.11. The van der Waals surface area contributed by atoms with E-state index in [4.69, 9.17) is 17.0 Å². The van der Waals surface area contributed by atoms with Gasteiger partial charge in [-0.2, -0.15) is 0 Å². The van der Waals surface area contributed by atoms with Gasteiger partial charge in [0.05, 0.1) is 12.8 Å². The van der Waals surface area contributed by atoms with E-state index in [1.165, 1.54) is 6.07 Å². The molecule has 0 saturated carbocycles. The van der Waals surface area contributed by atoms with Crippen LogP contribution in [0.15, 0.2) is 42.5 Å². The van der Waals surface area contributed by atoms with Crippen LogP contribution in [0.4, 0.5) is 10.1 Å². The fourth-order valence-corrected chi connectivity index (χ4v) is 2.01. The number of halogens is 1. The summed E-state index contributed by atoms with van der Waals surface area (Å²) in [6.07, 6.45) is 0. The highest BCUT2D eigenvalue weighted by Gasteiger charge is 2.04. The van der Waals surface area contributed by atoms with E-state index in [2.05, 4.69) is 10.6 Å². The summed E-state index contributed by atoms with van der Waals surface area (Å²) in [5.74, 6) is 0.482. The summed E-state index contributed by atoms with van der Waals surface area (Å²) in [5.41, 5.74) is 2.41. The van der Waals surface area contributed by atoms with Gasteiger partial charge in [0.15, 0.2) is 5.11 Å². The van der Waals surface area contributed by atoms with Crippen LogP contribution in [0.1, 0.15) is 11.1 Å². The lowest BCUT2D eigenvalue weighted by Gasteiger charge is -2.12. The predicted molar refractivity (Wildman–Crippen MR) is 87.2 cm³/mol. The molecule has 0 fully saturated rings. The van der Waals surface area contributed by atoms with Crippen molar-refractivity contribution in [2.75, 3.05) is 12.4 Å². The molecule has 0 aliphatic rings. The largest absolute Gasteiger partial charge is 0.497 e. The van der Waals surface area contributed by atoms with Gasteiger partial charge < -0.3 is 15.4 Å². The number of thiocarbonyl (C=S) groups is 1. The lowest BCUT2D eigenvalue weighted by Crippen LogP contribution is -2.28. The maximum absolute atomic E-state index is 13.6. The van der Waals surface area contributed by atoms with Gasteiger partial charge in [0, 0.05) is 6.54 Å². The van der Waals surface area contributed by atoms with Crippen molar-refractivity contribution in [3.63, 3.8) is 0 Å². The third-order valence-electron chi connectivity index (χ3n) is 2.98. The first-order chi connectivity index (χ1) is 10.1. The van der Waals surface area contributed by atoms with Crippen LogP contribution in [0, 0.1) is 12.7 Å². The number of benzene rings is 2. The van der Waals surface area contributed by atoms with Crippen molar-refractivity contribution in [3.05, 3.63) is 59.4 Å². The minimum Gasteiger partial charge on any atom is -0.497 e. The zero-order chi connectivity index (χ0) is 15.2. The minimum absolute atomic E-state index is 0.325. The molecule has 0 aliphatic carbocycles. The van der Waals surface area contributed by atoms with Crippen LogP contribution in [0.3, 0.4) is 0 Å². The molecule has 2 aromatic rings. The number of ether oxygens (including phenoxy) is 1. The summed E-state index contributed by atoms with van der Waals surface area (Å²) in [7, 11) is 1.63. The number of hydrogen-bond acceptors (Lipinski definition) is 2. The molecular weight excluding hydrogens is 287 g/mol. The fraction of sp³-hybridized carbons (Fsp3) is 0.188. The molecule has 0 saturated heterocycles. The van der Waals surface area contributed by atoms with Crippen molar-refractivity contribution in [2.24, 2.45) is 0 Å². The standard InChI is InChI=1S/C16H17FN2OS/c1-11-3-8-14(17)15(9-11)19-16(21)18-10-12-4-6-13(20-2)7-5-12/h3-9H,10H2,1-2H3,(H2,18,19,21). The number of hydrogen-bond donors (Lipinski definition) is 2. The van der Waals surface area contributed by atoms with Crippen LogP contribution in [0.2, 0.25) is 0 Å². The Morgan fingerprint density at radius 2 is 1.90 bits per heavy atom. The van der Waals surface area contributed by atoms with Gasteiger partial charge in [-0.25, -0.2) is 4.39 Å². The van der Waals surface area contributed by atoms with Gasteiger partial charge in [-0.05, 0) is 54.5 Å². The number of rotatable bonds is 4. The molecule has 2 rings (SSSR count). The van der Waals surface area contributed by atoms with Gasteiger partial charge in [-0.1, -0.05) is 18.2 Å². The monoisotopic (exact) mass is 304 g/mol. The molecule has 0 spiro atoms. The molecule has 0 bridgehead atoms. The quantitative estimate of drug-likeness (QED) is 0.845. The maximum atomic E-state index is 13.6. The first kappa shape index (κ1) is 15.3. The number of nitrogens with one attached hydrogen (secondary N) is 2. The topological polar surface area (TPSA) is 33.3 Å². The Hall–Kier alpha value is -2.14. The summed E-state index contributed by atoms with van der Waals surface area (Å²) >= 11 is 5.17. The molecule has 0 aromatic heterocycles. The fourth-order valence-electron chi connectivity index (χ4n) is 1.83. The molecule has 0 radical (unpaired) electrons. The van der Waals surface area contributed by atoms with Gasteiger partial charge in [0.1, 0.15) is 11.6 Å². The van der Waals surface area contributed by atoms with Crippen molar-refractivity contribution in [3.8, 4) is 5.75 Å². The Morgan fingerprint density at radius 3 is 2.57 bits per heavy atom. The molecular formula is C16H17FN2OS. The molecule has 2 N–H and O–H groups in total. The van der Waals surface area contributed by atoms with E-state index in [0.29, 0.717) is 17.3 Å². The van der Waals surface area contributed by atoms with Gasteiger partial charge >= 0.3 is 0 Å². The molecule has 0 unspecified atom stereocenters. The lowest BCUT2D eigenvalue weighted by molar-refractivity contribution is 0.414. The van der Waals surface area contributed by atoms with Crippen LogP contribution in [0.25, 0.3) is 0 Å². The van der Waals surface area contributed by atoms with Crippen molar-refractivity contribution in [1.29, 1.82) is 0 Å². The van der Waals surface area contributed by atoms with Crippen LogP contribution in [0.5, 0.6) is 5.75 Å². The summed E-state index contributed by atoms with van der Waals surface area (Å²) in [6, 6.07) is 12.5. The summed E-state index contributed by atoms with van der Waals surface area (Å²) in [6.45, 7) is 2.46. The highest BCUT2D eigenvalue weighted by atomic mass is 32.1. The smallest absolute Gasteiger partial charge is 0.171 e. The van der Waals surface area contributed by atoms with Gasteiger partial charge in [-0.15, -0.1) is 0 Å². The average molecular weight is 304 g/mol. The highest BCUT2D eigenvalue weighted by Crippen LogP contribution is 2.15. The van der Waals surface area contributed by atoms with Crippen LogP contribution >= 0.6 is 12.2 Å². The van der Waals surface area contributed by atoms with Crippen molar-refractivity contribution in [1.82, 2.24) is 5.32 Å². The number of anilines is 1. The normalized spacial score (nSPS) is 10.0. The second-order valence-electron chi connectivity index (χ2n) is 4.64. The van der Waals surface area contributed by atoms with E-state index in [1.807, 2.05) is 31.2 Å². The summed E-state index contributed by atoms with van der Waals surface area (Å²) < 4.78 is 18.7. The zero-order valence-electron chi connectivity index (χ0n) is 11.9. The SMILES string of the molecule is COc1ccc(CNC(=S)Nc2cc(C)ccc2F)cc1. The van der Waals surface area contributed by atoms with Crippen molar-refractivity contribution >= 4 is 23.0 Å². The highest BCUT2D eigenvalue weighted by molar-refractivity contribution is 7.80. The Labute approximate surface area is 129 Å². The molecule has 110 valence electrons. The summed E-state index contributed by atoms with van der Waals surface area (Å²) in [4.78, 5) is 0. The molecule has 0 aliphatic heterocycles. The van der Waals surface area contributed by atoms with E-state index < -0.39 is 0 Å². The summed E-state index contributed by atoms with van der Waals surface area (Å²) in [5, 5.41) is 6.29. The van der Waals surface area contributed by atoms with E-state index in [1.54, 1.807) is 19.2 Å². The minimum atomic E-state index is -0.325. The predicted octanol–water partition coefficient (Wildman–Crippen LogP) is 3.63. The van der Waals surface area contributed by atoms with Crippen molar-refractivity contribution in [2.45, 2.75) is 13.5 Å². The molecule has 3 nitrogen and oxygen atoms in total. The molecule has 0 amide bonds. The molecule has 5 heteroatoms. The second kappa shape index (κ2) is 7.04. The molecule has 0 heterocycles. The number of aryl methyl sites for hydroxylation is 1. The van der Waals surface area contributed by atoms with E-state index in [0.717, 1.165) is 16.9 Å². The average Bonchev–Trinajstić information content (AvgIpc) is 2.49. The lowest BCUT2D eigenvalue weighted by atomic mass is 10.2. The van der Waals surface area contributed by atoms with Crippen LogP contribution in [-0.2, 0) is 6.54 Å². The van der Waals surface area contributed by atoms with Gasteiger partial charge in [0.2, 0.25) is 0 Å². The number of methoxy groups -OCH3 is 1. The zero-order valence-corrected chi connectivity index (χ0v) is 12.8. The molecule has 2 aromatic carbocycles. The third kappa shape index (κ3) is 4.43. The van der Waals surface area contributed by atoms with Gasteiger partial charge in [-0.3, -0.25) is 0 Å². The Balaban J connectivity index is 1.91.